The molecule has 36 heavy (non-hydrogen) atoms. The van der Waals surface area contributed by atoms with E-state index in [4.69, 9.17) is 25.7 Å². The number of aromatic nitrogens is 3. The molecule has 186 valence electrons. The Bertz CT molecular complexity index is 1260. The predicted octanol–water partition coefficient (Wildman–Crippen LogP) is 2.08. The average molecular weight is 492 g/mol. The molecule has 0 aliphatic carbocycles. The number of amides is 1. The van der Waals surface area contributed by atoms with E-state index in [1.807, 2.05) is 6.07 Å². The Morgan fingerprint density at radius 2 is 1.92 bits per heavy atom. The largest absolute Gasteiger partial charge is 0.493 e. The van der Waals surface area contributed by atoms with E-state index in [2.05, 4.69) is 25.2 Å². The van der Waals surface area contributed by atoms with Crippen LogP contribution >= 0.6 is 0 Å². The molecule has 0 unspecified atom stereocenters. The van der Waals surface area contributed by atoms with Crippen LogP contribution in [0.25, 0.3) is 11.3 Å². The molecule has 1 amide bonds. The first-order chi connectivity index (χ1) is 17.4. The molecule has 1 aliphatic heterocycles. The highest BCUT2D eigenvalue weighted by molar-refractivity contribution is 6.34. The lowest BCUT2D eigenvalue weighted by Crippen LogP contribution is -2.36. The molecule has 0 radical (unpaired) electrons. The van der Waals surface area contributed by atoms with Crippen LogP contribution in [-0.4, -0.2) is 70.6 Å². The normalized spacial score (nSPS) is 13.2. The van der Waals surface area contributed by atoms with Crippen LogP contribution in [0.1, 0.15) is 16.9 Å². The van der Waals surface area contributed by atoms with Crippen molar-refractivity contribution >= 4 is 34.8 Å². The standard InChI is InChI=1S/C24H25N7O5/c25-17(24(33)34)6-10-36-16-3-1-15(2-4-16)18-14-28-22(26)21(29-18)23(32)30-19-13-27-7-5-20(19)31-8-11-35-12-9-31/h1-5,7,13-14,25H,6,8-12H2,(H2,26,28)(H,30,32)(H,33,34). The van der Waals surface area contributed by atoms with Gasteiger partial charge in [-0.05, 0) is 30.3 Å². The number of morpholine rings is 1. The van der Waals surface area contributed by atoms with Crippen LogP contribution in [0.2, 0.25) is 0 Å². The third-order valence-electron chi connectivity index (χ3n) is 5.44. The van der Waals surface area contributed by atoms with Crippen molar-refractivity contribution in [3.8, 4) is 17.0 Å². The number of carbonyl (C=O) groups excluding carboxylic acids is 1. The highest BCUT2D eigenvalue weighted by Crippen LogP contribution is 2.27. The number of carbonyl (C=O) groups is 2. The van der Waals surface area contributed by atoms with Crippen molar-refractivity contribution in [3.63, 3.8) is 0 Å². The number of hydrogen-bond acceptors (Lipinski definition) is 10. The van der Waals surface area contributed by atoms with Gasteiger partial charge in [-0.2, -0.15) is 0 Å². The third-order valence-corrected chi connectivity index (χ3v) is 5.44. The van der Waals surface area contributed by atoms with Crippen molar-refractivity contribution in [1.82, 2.24) is 15.0 Å². The van der Waals surface area contributed by atoms with Crippen LogP contribution in [0.5, 0.6) is 5.75 Å². The Kier molecular flexibility index (Phi) is 7.66. The second kappa shape index (κ2) is 11.2. The molecule has 1 fully saturated rings. The fraction of sp³-hybridized carbons (Fsp3) is 0.250. The number of anilines is 3. The summed E-state index contributed by atoms with van der Waals surface area (Å²) in [7, 11) is 0. The quantitative estimate of drug-likeness (QED) is 0.324. The van der Waals surface area contributed by atoms with Gasteiger partial charge in [0.05, 0.1) is 49.3 Å². The minimum Gasteiger partial charge on any atom is -0.493 e. The lowest BCUT2D eigenvalue weighted by Gasteiger charge is -2.30. The van der Waals surface area contributed by atoms with Gasteiger partial charge in [-0.15, -0.1) is 0 Å². The second-order valence-electron chi connectivity index (χ2n) is 7.84. The number of aliphatic carboxylic acids is 1. The van der Waals surface area contributed by atoms with Gasteiger partial charge in [0, 0.05) is 31.3 Å². The second-order valence-corrected chi connectivity index (χ2v) is 7.84. The van der Waals surface area contributed by atoms with Crippen molar-refractivity contribution in [2.45, 2.75) is 6.42 Å². The number of pyridine rings is 1. The number of ether oxygens (including phenoxy) is 2. The Hall–Kier alpha value is -4.58. The summed E-state index contributed by atoms with van der Waals surface area (Å²) in [6.45, 7) is 2.67. The summed E-state index contributed by atoms with van der Waals surface area (Å²) in [5.74, 6) is -1.28. The Balaban J connectivity index is 1.47. The predicted molar refractivity (Wildman–Crippen MR) is 133 cm³/mol. The number of nitrogens with two attached hydrogens (primary N) is 1. The monoisotopic (exact) mass is 491 g/mol. The summed E-state index contributed by atoms with van der Waals surface area (Å²) in [6, 6.07) is 8.67. The molecule has 1 aliphatic rings. The number of nitrogen functional groups attached to an aromatic ring is 1. The molecular weight excluding hydrogens is 466 g/mol. The molecule has 4 rings (SSSR count). The molecule has 0 saturated carbocycles. The molecule has 1 aromatic carbocycles. The molecule has 12 heteroatoms. The third kappa shape index (κ3) is 5.91. The molecule has 0 spiro atoms. The van der Waals surface area contributed by atoms with Gasteiger partial charge in [0.2, 0.25) is 0 Å². The summed E-state index contributed by atoms with van der Waals surface area (Å²) < 4.78 is 10.9. The van der Waals surface area contributed by atoms with Crippen molar-refractivity contribution < 1.29 is 24.2 Å². The van der Waals surface area contributed by atoms with Gasteiger partial charge in [-0.25, -0.2) is 14.8 Å². The van der Waals surface area contributed by atoms with Gasteiger partial charge >= 0.3 is 5.97 Å². The van der Waals surface area contributed by atoms with Gasteiger partial charge in [0.25, 0.3) is 5.91 Å². The first kappa shape index (κ1) is 24.5. The molecule has 5 N–H and O–H groups in total. The molecule has 2 aromatic heterocycles. The van der Waals surface area contributed by atoms with Crippen LogP contribution in [-0.2, 0) is 9.53 Å². The molecule has 3 aromatic rings. The Morgan fingerprint density at radius 3 is 2.64 bits per heavy atom. The van der Waals surface area contributed by atoms with E-state index in [0.717, 1.165) is 5.69 Å². The van der Waals surface area contributed by atoms with Crippen LogP contribution in [0.4, 0.5) is 17.2 Å². The lowest BCUT2D eigenvalue weighted by atomic mass is 10.1. The maximum atomic E-state index is 13.1. The van der Waals surface area contributed by atoms with Gasteiger partial charge in [-0.1, -0.05) is 0 Å². The summed E-state index contributed by atoms with van der Waals surface area (Å²) in [5.41, 5.74) is 8.02. The van der Waals surface area contributed by atoms with Crippen LogP contribution in [0, 0.1) is 5.41 Å². The SMILES string of the molecule is N=C(CCOc1ccc(-c2cnc(N)c(C(=O)Nc3cnccc3N3CCOCC3)n2)cc1)C(=O)O. The van der Waals surface area contributed by atoms with E-state index in [0.29, 0.717) is 49.0 Å². The van der Waals surface area contributed by atoms with E-state index >= 15 is 0 Å². The maximum Gasteiger partial charge on any atom is 0.349 e. The van der Waals surface area contributed by atoms with E-state index in [9.17, 15) is 9.59 Å². The Morgan fingerprint density at radius 1 is 1.17 bits per heavy atom. The smallest absolute Gasteiger partial charge is 0.349 e. The van der Waals surface area contributed by atoms with E-state index in [-0.39, 0.29) is 24.5 Å². The highest BCUT2D eigenvalue weighted by atomic mass is 16.5. The number of hydrogen-bond donors (Lipinski definition) is 4. The van der Waals surface area contributed by atoms with E-state index < -0.39 is 17.6 Å². The molecule has 0 bridgehead atoms. The van der Waals surface area contributed by atoms with Gasteiger partial charge in [0.15, 0.2) is 11.5 Å². The Labute approximate surface area is 206 Å². The minimum atomic E-state index is -1.27. The van der Waals surface area contributed by atoms with Crippen LogP contribution in [0.3, 0.4) is 0 Å². The first-order valence-corrected chi connectivity index (χ1v) is 11.2. The number of benzene rings is 1. The van der Waals surface area contributed by atoms with Crippen LogP contribution < -0.4 is 20.7 Å². The molecule has 1 saturated heterocycles. The number of rotatable bonds is 9. The van der Waals surface area contributed by atoms with Gasteiger partial charge in [0.1, 0.15) is 11.5 Å². The fourth-order valence-corrected chi connectivity index (χ4v) is 3.55. The zero-order valence-electron chi connectivity index (χ0n) is 19.3. The van der Waals surface area contributed by atoms with Gasteiger partial charge < -0.3 is 30.5 Å². The maximum absolute atomic E-state index is 13.1. The summed E-state index contributed by atoms with van der Waals surface area (Å²) >= 11 is 0. The number of carboxylic acid groups (broad SMARTS) is 1. The van der Waals surface area contributed by atoms with Crippen molar-refractivity contribution in [3.05, 3.63) is 54.6 Å². The summed E-state index contributed by atoms with van der Waals surface area (Å²) in [4.78, 5) is 38.6. The highest BCUT2D eigenvalue weighted by Gasteiger charge is 2.20. The zero-order valence-corrected chi connectivity index (χ0v) is 19.3. The topological polar surface area (TPSA) is 177 Å². The molecular formula is C24H25N7O5. The van der Waals surface area contributed by atoms with E-state index in [1.165, 1.54) is 6.20 Å². The number of carboxylic acids is 1. The summed E-state index contributed by atoms with van der Waals surface area (Å²) in [5, 5.41) is 18.9. The van der Waals surface area contributed by atoms with Crippen LogP contribution in [0.15, 0.2) is 48.9 Å². The minimum absolute atomic E-state index is 0.00565. The fourth-order valence-electron chi connectivity index (χ4n) is 3.55. The number of nitrogens with one attached hydrogen (secondary N) is 2. The van der Waals surface area contributed by atoms with Gasteiger partial charge in [-0.3, -0.25) is 15.2 Å². The van der Waals surface area contributed by atoms with E-state index in [1.54, 1.807) is 36.7 Å². The lowest BCUT2D eigenvalue weighted by molar-refractivity contribution is -0.129. The zero-order chi connectivity index (χ0) is 25.5. The molecule has 3 heterocycles. The average Bonchev–Trinajstić information content (AvgIpc) is 2.90. The van der Waals surface area contributed by atoms with Crippen molar-refractivity contribution in [2.24, 2.45) is 0 Å². The first-order valence-electron chi connectivity index (χ1n) is 11.2. The summed E-state index contributed by atoms with van der Waals surface area (Å²) in [6.07, 6.45) is 4.70. The molecule has 0 atom stereocenters. The molecule has 12 nitrogen and oxygen atoms in total. The van der Waals surface area contributed by atoms with Crippen molar-refractivity contribution in [1.29, 1.82) is 5.41 Å². The number of nitrogens with zero attached hydrogens (tertiary/aromatic N) is 4. The van der Waals surface area contributed by atoms with Crippen molar-refractivity contribution in [2.75, 3.05) is 48.9 Å².